The first-order valence-corrected chi connectivity index (χ1v) is 4.84. The van der Waals surface area contributed by atoms with E-state index in [2.05, 4.69) is 10.6 Å². The van der Waals surface area contributed by atoms with Crippen LogP contribution in [-0.4, -0.2) is 23.3 Å². The zero-order valence-electron chi connectivity index (χ0n) is 8.61. The van der Waals surface area contributed by atoms with Gasteiger partial charge in [-0.2, -0.15) is 0 Å². The zero-order valence-corrected chi connectivity index (χ0v) is 8.61. The van der Waals surface area contributed by atoms with Gasteiger partial charge in [0.1, 0.15) is 11.4 Å². The molecular formula is C11H9FN2O3. The van der Waals surface area contributed by atoms with Gasteiger partial charge in [0.2, 0.25) is 6.35 Å². The van der Waals surface area contributed by atoms with E-state index in [0.717, 1.165) is 6.08 Å². The summed E-state index contributed by atoms with van der Waals surface area (Å²) in [7, 11) is 0. The van der Waals surface area contributed by atoms with Crippen molar-refractivity contribution >= 4 is 17.9 Å². The van der Waals surface area contributed by atoms with Gasteiger partial charge in [0.05, 0.1) is 0 Å². The largest absolute Gasteiger partial charge is 0.356 e. The number of benzene rings is 1. The average molecular weight is 236 g/mol. The Hall–Kier alpha value is -2.21. The fraction of sp³-hybridized carbons (Fsp3) is 0.0909. The van der Waals surface area contributed by atoms with Crippen molar-refractivity contribution in [2.45, 2.75) is 6.35 Å². The van der Waals surface area contributed by atoms with Crippen molar-refractivity contribution in [2.75, 3.05) is 0 Å². The van der Waals surface area contributed by atoms with Crippen LogP contribution in [-0.2, 0) is 9.59 Å². The number of carbonyl (C=O) groups excluding carboxylic acids is 2. The van der Waals surface area contributed by atoms with Gasteiger partial charge in [-0.15, -0.1) is 0 Å². The molecule has 1 fully saturated rings. The Balaban J connectivity index is 2.36. The standard InChI is InChI=1S/C11H9FN2O3/c12-8-4-2-1-3-6(8)5-7-9(15)13-11(17)14-10(7)16/h1-5,11,17H,(H,13,15)(H,14,16). The van der Waals surface area contributed by atoms with Crippen LogP contribution in [0.1, 0.15) is 5.56 Å². The second-order valence-corrected chi connectivity index (χ2v) is 3.43. The third-order valence-corrected chi connectivity index (χ3v) is 2.23. The summed E-state index contributed by atoms with van der Waals surface area (Å²) in [5.74, 6) is -2.03. The number of hydrogen-bond acceptors (Lipinski definition) is 3. The average Bonchev–Trinajstić information content (AvgIpc) is 2.25. The predicted octanol–water partition coefficient (Wildman–Crippen LogP) is -0.269. The Labute approximate surface area is 95.9 Å². The molecule has 1 heterocycles. The number of amides is 2. The summed E-state index contributed by atoms with van der Waals surface area (Å²) in [4.78, 5) is 22.8. The highest BCUT2D eigenvalue weighted by molar-refractivity contribution is 6.23. The van der Waals surface area contributed by atoms with Gasteiger partial charge < -0.3 is 15.7 Å². The number of rotatable bonds is 1. The van der Waals surface area contributed by atoms with Crippen LogP contribution in [0.3, 0.4) is 0 Å². The SMILES string of the molecule is O=C1NC(O)NC(=O)C1=Cc1ccccc1F. The fourth-order valence-electron chi connectivity index (χ4n) is 1.42. The molecule has 1 aliphatic heterocycles. The highest BCUT2D eigenvalue weighted by Crippen LogP contribution is 2.13. The number of carbonyl (C=O) groups is 2. The molecule has 3 N–H and O–H groups in total. The molecule has 1 saturated heterocycles. The minimum absolute atomic E-state index is 0.129. The van der Waals surface area contributed by atoms with E-state index >= 15 is 0 Å². The Bertz CT molecular complexity index is 493. The lowest BCUT2D eigenvalue weighted by Gasteiger charge is -2.21. The topological polar surface area (TPSA) is 78.4 Å². The maximum absolute atomic E-state index is 13.3. The van der Waals surface area contributed by atoms with Gasteiger partial charge in [0.15, 0.2) is 0 Å². The van der Waals surface area contributed by atoms with Crippen LogP contribution in [0.25, 0.3) is 6.08 Å². The van der Waals surface area contributed by atoms with Gasteiger partial charge in [-0.25, -0.2) is 4.39 Å². The van der Waals surface area contributed by atoms with Crippen molar-refractivity contribution in [3.63, 3.8) is 0 Å². The highest BCUT2D eigenvalue weighted by atomic mass is 19.1. The van der Waals surface area contributed by atoms with Gasteiger partial charge in [0.25, 0.3) is 11.8 Å². The number of aliphatic hydroxyl groups excluding tert-OH is 1. The molecule has 6 heteroatoms. The summed E-state index contributed by atoms with van der Waals surface area (Å²) in [5.41, 5.74) is -0.121. The minimum atomic E-state index is -1.41. The van der Waals surface area contributed by atoms with Crippen LogP contribution in [0.2, 0.25) is 0 Å². The van der Waals surface area contributed by atoms with E-state index in [1.165, 1.54) is 18.2 Å². The van der Waals surface area contributed by atoms with Crippen molar-refractivity contribution in [3.05, 3.63) is 41.2 Å². The van der Waals surface area contributed by atoms with Crippen LogP contribution in [0.4, 0.5) is 4.39 Å². The lowest BCUT2D eigenvalue weighted by Crippen LogP contribution is -2.55. The van der Waals surface area contributed by atoms with E-state index in [1.54, 1.807) is 6.07 Å². The van der Waals surface area contributed by atoms with Crippen LogP contribution in [0, 0.1) is 5.82 Å². The molecule has 0 atom stereocenters. The first kappa shape index (κ1) is 11.3. The van der Waals surface area contributed by atoms with E-state index in [0.29, 0.717) is 0 Å². The van der Waals surface area contributed by atoms with Gasteiger partial charge in [-0.3, -0.25) is 9.59 Å². The molecule has 5 nitrogen and oxygen atoms in total. The maximum atomic E-state index is 13.3. The minimum Gasteiger partial charge on any atom is -0.356 e. The summed E-state index contributed by atoms with van der Waals surface area (Å²) in [5, 5.41) is 13.2. The Morgan fingerprint density at radius 3 is 2.35 bits per heavy atom. The molecular weight excluding hydrogens is 227 g/mol. The molecule has 0 radical (unpaired) electrons. The van der Waals surface area contributed by atoms with Crippen molar-refractivity contribution in [3.8, 4) is 0 Å². The van der Waals surface area contributed by atoms with Crippen LogP contribution in [0.5, 0.6) is 0 Å². The molecule has 0 saturated carbocycles. The predicted molar refractivity (Wildman–Crippen MR) is 56.7 cm³/mol. The van der Waals surface area contributed by atoms with Crippen molar-refractivity contribution in [1.29, 1.82) is 0 Å². The van der Waals surface area contributed by atoms with Crippen molar-refractivity contribution in [1.82, 2.24) is 10.6 Å². The lowest BCUT2D eigenvalue weighted by atomic mass is 10.1. The van der Waals surface area contributed by atoms with E-state index in [-0.39, 0.29) is 11.1 Å². The summed E-state index contributed by atoms with van der Waals surface area (Å²) in [6, 6.07) is 5.75. The highest BCUT2D eigenvalue weighted by Gasteiger charge is 2.27. The molecule has 1 aromatic carbocycles. The molecule has 0 unspecified atom stereocenters. The monoisotopic (exact) mass is 236 g/mol. The van der Waals surface area contributed by atoms with Crippen LogP contribution >= 0.6 is 0 Å². The molecule has 1 aliphatic rings. The van der Waals surface area contributed by atoms with E-state index < -0.39 is 24.0 Å². The quantitative estimate of drug-likeness (QED) is 0.464. The Kier molecular flexibility index (Phi) is 2.88. The molecule has 0 aromatic heterocycles. The number of halogens is 1. The van der Waals surface area contributed by atoms with E-state index in [4.69, 9.17) is 5.11 Å². The van der Waals surface area contributed by atoms with Crippen molar-refractivity contribution in [2.24, 2.45) is 0 Å². The molecule has 2 amide bonds. The number of nitrogens with one attached hydrogen (secondary N) is 2. The van der Waals surface area contributed by atoms with Gasteiger partial charge >= 0.3 is 0 Å². The third kappa shape index (κ3) is 2.31. The third-order valence-electron chi connectivity index (χ3n) is 2.23. The number of aliphatic hydroxyl groups is 1. The number of hydrogen-bond donors (Lipinski definition) is 3. The van der Waals surface area contributed by atoms with Crippen LogP contribution in [0.15, 0.2) is 29.8 Å². The lowest BCUT2D eigenvalue weighted by molar-refractivity contribution is -0.132. The second-order valence-electron chi connectivity index (χ2n) is 3.43. The molecule has 0 spiro atoms. The Morgan fingerprint density at radius 1 is 1.18 bits per heavy atom. The molecule has 0 bridgehead atoms. The smallest absolute Gasteiger partial charge is 0.260 e. The summed E-state index contributed by atoms with van der Waals surface area (Å²) >= 11 is 0. The molecule has 1 aromatic rings. The molecule has 0 aliphatic carbocycles. The van der Waals surface area contributed by atoms with Crippen molar-refractivity contribution < 1.29 is 19.1 Å². The van der Waals surface area contributed by atoms with E-state index in [1.807, 2.05) is 0 Å². The second kappa shape index (κ2) is 4.34. The first-order chi connectivity index (χ1) is 8.08. The molecule has 17 heavy (non-hydrogen) atoms. The van der Waals surface area contributed by atoms with Gasteiger partial charge in [0, 0.05) is 5.56 Å². The summed E-state index contributed by atoms with van der Waals surface area (Å²) < 4.78 is 13.3. The molecule has 2 rings (SSSR count). The van der Waals surface area contributed by atoms with Gasteiger partial charge in [-0.05, 0) is 12.1 Å². The zero-order chi connectivity index (χ0) is 12.4. The maximum Gasteiger partial charge on any atom is 0.260 e. The Morgan fingerprint density at radius 2 is 1.76 bits per heavy atom. The summed E-state index contributed by atoms with van der Waals surface area (Å²) in [6.07, 6.45) is -0.279. The molecule has 88 valence electrons. The fourth-order valence-corrected chi connectivity index (χ4v) is 1.42. The van der Waals surface area contributed by atoms with E-state index in [9.17, 15) is 14.0 Å². The summed E-state index contributed by atoms with van der Waals surface area (Å²) in [6.45, 7) is 0. The van der Waals surface area contributed by atoms with Crippen LogP contribution < -0.4 is 10.6 Å². The normalized spacial score (nSPS) is 19.6. The van der Waals surface area contributed by atoms with Gasteiger partial charge in [-0.1, -0.05) is 18.2 Å². The first-order valence-electron chi connectivity index (χ1n) is 4.84.